The lowest BCUT2D eigenvalue weighted by atomic mass is 10.0. The van der Waals surface area contributed by atoms with E-state index in [-0.39, 0.29) is 36.5 Å². The van der Waals surface area contributed by atoms with Crippen LogP contribution in [-0.2, 0) is 13.0 Å². The monoisotopic (exact) mass is 547 g/mol. The molecule has 1 aromatic heterocycles. The number of nitrogens with one attached hydrogen (secondary N) is 1. The van der Waals surface area contributed by atoms with Crippen molar-refractivity contribution in [1.29, 1.82) is 0 Å². The summed E-state index contributed by atoms with van der Waals surface area (Å²) in [6.45, 7) is 0.718. The molecule has 1 aliphatic carbocycles. The molecule has 1 N–H and O–H groups in total. The van der Waals surface area contributed by atoms with E-state index < -0.39 is 0 Å². The van der Waals surface area contributed by atoms with Crippen molar-refractivity contribution in [3.8, 4) is 0 Å². The molecule has 5 rings (SSSR count). The molecule has 0 saturated heterocycles. The summed E-state index contributed by atoms with van der Waals surface area (Å²) in [6.07, 6.45) is 2.76. The smallest absolute Gasteiger partial charge is 0.278 e. The van der Waals surface area contributed by atoms with Crippen molar-refractivity contribution in [2.75, 3.05) is 31.0 Å². The van der Waals surface area contributed by atoms with Crippen LogP contribution >= 0.6 is 35.6 Å². The lowest BCUT2D eigenvalue weighted by Crippen LogP contribution is -2.45. The maximum Gasteiger partial charge on any atom is 0.278 e. The van der Waals surface area contributed by atoms with Crippen molar-refractivity contribution in [1.82, 2.24) is 14.6 Å². The summed E-state index contributed by atoms with van der Waals surface area (Å²) in [7, 11) is 3.63. The van der Waals surface area contributed by atoms with E-state index in [1.54, 1.807) is 38.9 Å². The molecule has 0 bridgehead atoms. The van der Waals surface area contributed by atoms with Gasteiger partial charge in [-0.3, -0.25) is 9.59 Å². The van der Waals surface area contributed by atoms with Gasteiger partial charge in [-0.25, -0.2) is 4.98 Å². The molecule has 2 aromatic carbocycles. The summed E-state index contributed by atoms with van der Waals surface area (Å²) < 4.78 is 1.56. The Balaban J connectivity index is 0.00000304. The number of hydrogen-bond donors (Lipinski definition) is 1. The van der Waals surface area contributed by atoms with Crippen LogP contribution in [0.3, 0.4) is 0 Å². The molecule has 1 fully saturated rings. The van der Waals surface area contributed by atoms with Gasteiger partial charge < -0.3 is 15.2 Å². The molecule has 36 heavy (non-hydrogen) atoms. The van der Waals surface area contributed by atoms with Crippen LogP contribution in [0.5, 0.6) is 0 Å². The molecule has 1 amide bonds. The first-order valence-corrected chi connectivity index (χ1v) is 12.5. The number of halogens is 3. The molecule has 10 heteroatoms. The molecule has 2 heterocycles. The van der Waals surface area contributed by atoms with E-state index in [1.165, 1.54) is 0 Å². The van der Waals surface area contributed by atoms with Crippen LogP contribution in [0, 0.1) is 5.92 Å². The average Bonchev–Trinajstić information content (AvgIpc) is 3.68. The van der Waals surface area contributed by atoms with Gasteiger partial charge in [0.1, 0.15) is 0 Å². The highest BCUT2D eigenvalue weighted by Gasteiger charge is 2.34. The molecule has 1 aliphatic heterocycles. The van der Waals surface area contributed by atoms with Crippen molar-refractivity contribution in [2.45, 2.75) is 31.8 Å². The summed E-state index contributed by atoms with van der Waals surface area (Å²) in [5.41, 5.74) is 2.79. The maximum absolute atomic E-state index is 13.6. The number of carbonyl (C=O) groups is 1. The van der Waals surface area contributed by atoms with Gasteiger partial charge in [0, 0.05) is 42.7 Å². The van der Waals surface area contributed by atoms with Crippen LogP contribution in [-0.4, -0.2) is 41.1 Å². The predicted molar refractivity (Wildman–Crippen MR) is 146 cm³/mol. The normalized spacial score (nSPS) is 15.5. The van der Waals surface area contributed by atoms with Crippen molar-refractivity contribution in [3.05, 3.63) is 91.3 Å². The topological polar surface area (TPSA) is 70.5 Å². The molecule has 1 atom stereocenters. The predicted octanol–water partition coefficient (Wildman–Crippen LogP) is 4.93. The second kappa shape index (κ2) is 10.7. The third-order valence-electron chi connectivity index (χ3n) is 6.59. The fraction of sp³-hybridized carbons (Fsp3) is 0.346. The zero-order valence-corrected chi connectivity index (χ0v) is 22.4. The highest BCUT2D eigenvalue weighted by Crippen LogP contribution is 2.43. The largest absolute Gasteiger partial charge is 0.347 e. The molecule has 190 valence electrons. The summed E-state index contributed by atoms with van der Waals surface area (Å²) >= 11 is 12.1. The van der Waals surface area contributed by atoms with E-state index in [1.807, 2.05) is 38.4 Å². The Morgan fingerprint density at radius 3 is 2.25 bits per heavy atom. The van der Waals surface area contributed by atoms with Crippen LogP contribution in [0.25, 0.3) is 0 Å². The molecular weight excluding hydrogens is 521 g/mol. The van der Waals surface area contributed by atoms with Crippen molar-refractivity contribution < 1.29 is 4.79 Å². The molecular formula is C26H28Cl3N5O2. The summed E-state index contributed by atoms with van der Waals surface area (Å²) in [5.74, 6) is 0.872. The van der Waals surface area contributed by atoms with E-state index >= 15 is 0 Å². The number of carbonyl (C=O) groups excluding carboxylic acids is 1. The van der Waals surface area contributed by atoms with E-state index in [0.29, 0.717) is 46.0 Å². The molecule has 2 aliphatic rings. The Hall–Kier alpha value is -2.74. The van der Waals surface area contributed by atoms with E-state index in [9.17, 15) is 9.59 Å². The van der Waals surface area contributed by atoms with Gasteiger partial charge in [0.25, 0.3) is 11.5 Å². The highest BCUT2D eigenvalue weighted by molar-refractivity contribution is 6.30. The molecule has 7 nitrogen and oxygen atoms in total. The molecule has 3 aromatic rings. The Labute approximate surface area is 226 Å². The van der Waals surface area contributed by atoms with E-state index in [4.69, 9.17) is 28.2 Å². The van der Waals surface area contributed by atoms with Gasteiger partial charge in [0.05, 0.1) is 23.8 Å². The average molecular weight is 549 g/mol. The number of rotatable bonds is 6. The fourth-order valence-corrected chi connectivity index (χ4v) is 4.84. The van der Waals surface area contributed by atoms with Crippen LogP contribution in [0.2, 0.25) is 10.0 Å². The number of amides is 1. The van der Waals surface area contributed by atoms with Crippen molar-refractivity contribution in [2.24, 2.45) is 5.92 Å². The number of hydrogen-bond acceptors (Lipinski definition) is 5. The number of aromatic nitrogens is 2. The Kier molecular flexibility index (Phi) is 7.83. The number of fused-ring (bicyclic) bond motifs is 1. The molecule has 0 radical (unpaired) electrons. The number of benzene rings is 2. The van der Waals surface area contributed by atoms with Crippen LogP contribution in [0.4, 0.5) is 5.95 Å². The van der Waals surface area contributed by atoms with Crippen LogP contribution < -0.4 is 15.9 Å². The van der Waals surface area contributed by atoms with Gasteiger partial charge in [-0.2, -0.15) is 4.68 Å². The van der Waals surface area contributed by atoms with Gasteiger partial charge in [-0.05, 0) is 60.7 Å². The second-order valence-corrected chi connectivity index (χ2v) is 10.2. The zero-order valence-electron chi connectivity index (χ0n) is 20.1. The minimum atomic E-state index is -0.165. The minimum Gasteiger partial charge on any atom is -0.347 e. The van der Waals surface area contributed by atoms with Crippen molar-refractivity contribution >= 4 is 47.5 Å². The third kappa shape index (κ3) is 5.33. The first kappa shape index (κ1) is 26.3. The van der Waals surface area contributed by atoms with Crippen LogP contribution in [0.15, 0.2) is 53.3 Å². The third-order valence-corrected chi connectivity index (χ3v) is 7.10. The maximum atomic E-state index is 13.6. The quantitative estimate of drug-likeness (QED) is 0.473. The number of anilines is 1. The number of nitrogens with zero attached hydrogens (tertiary/aromatic N) is 4. The molecule has 1 unspecified atom stereocenters. The lowest BCUT2D eigenvalue weighted by Gasteiger charge is -2.31. The summed E-state index contributed by atoms with van der Waals surface area (Å²) in [5, 5.41) is 6.55. The van der Waals surface area contributed by atoms with E-state index in [0.717, 1.165) is 24.1 Å². The first-order valence-electron chi connectivity index (χ1n) is 11.7. The lowest BCUT2D eigenvalue weighted by molar-refractivity contribution is 0.0732. The van der Waals surface area contributed by atoms with Gasteiger partial charge in [-0.15, -0.1) is 12.4 Å². The first-order chi connectivity index (χ1) is 16.8. The van der Waals surface area contributed by atoms with Crippen LogP contribution in [0.1, 0.15) is 46.1 Å². The Morgan fingerprint density at radius 2 is 1.67 bits per heavy atom. The minimum absolute atomic E-state index is 0. The van der Waals surface area contributed by atoms with Gasteiger partial charge in [0.15, 0.2) is 0 Å². The zero-order chi connectivity index (χ0) is 24.7. The summed E-state index contributed by atoms with van der Waals surface area (Å²) in [4.78, 5) is 33.3. The standard InChI is InChI=1S/C26H27Cl2N5O2.ClH/c1-31(2)33-25(35)21-15-32(24(34)18-7-11-20(28)12-8-18)14-13-22(21)29-26(33)30-23(16-3-4-16)17-5-9-19(27)10-6-17;/h5-12,16,23H,3-4,13-15H2,1-2H3,(H,29,30);1H. The fourth-order valence-electron chi connectivity index (χ4n) is 4.59. The summed E-state index contributed by atoms with van der Waals surface area (Å²) in [6, 6.07) is 14.7. The van der Waals surface area contributed by atoms with Crippen molar-refractivity contribution in [3.63, 3.8) is 0 Å². The van der Waals surface area contributed by atoms with Gasteiger partial charge >= 0.3 is 0 Å². The highest BCUT2D eigenvalue weighted by atomic mass is 35.5. The molecule has 1 saturated carbocycles. The van der Waals surface area contributed by atoms with Gasteiger partial charge in [-0.1, -0.05) is 35.3 Å². The Bertz CT molecular complexity index is 1300. The van der Waals surface area contributed by atoms with Gasteiger partial charge in [0.2, 0.25) is 5.95 Å². The van der Waals surface area contributed by atoms with E-state index in [2.05, 4.69) is 5.32 Å². The second-order valence-electron chi connectivity index (χ2n) is 9.32. The SMILES string of the molecule is CN(C)n1c(NC(c2ccc(Cl)cc2)C2CC2)nc2c(c1=O)CN(C(=O)c1ccc(Cl)cc1)CC2.Cl. The Morgan fingerprint density at radius 1 is 1.06 bits per heavy atom. The molecule has 0 spiro atoms.